The van der Waals surface area contributed by atoms with Crippen LogP contribution in [0.25, 0.3) is 0 Å². The number of rotatable bonds is 5. The Kier molecular flexibility index (Phi) is 4.77. The Hall–Kier alpha value is -1.35. The van der Waals surface area contributed by atoms with E-state index < -0.39 is 5.97 Å². The number of hydrogen-bond donors (Lipinski definition) is 1. The third-order valence-corrected chi connectivity index (χ3v) is 7.84. The number of fused-ring (bicyclic) bond motifs is 3. The van der Waals surface area contributed by atoms with Crippen LogP contribution in [0, 0.1) is 11.8 Å². The van der Waals surface area contributed by atoms with Crippen molar-refractivity contribution in [1.29, 1.82) is 0 Å². The number of thioether (sulfide) groups is 1. The maximum atomic E-state index is 12.6. The molecule has 4 aliphatic rings. The molecule has 1 saturated carbocycles. The van der Waals surface area contributed by atoms with Gasteiger partial charge in [-0.05, 0) is 46.5 Å². The number of aliphatic imine (C=N–C) groups is 1. The molecule has 2 fully saturated rings. The van der Waals surface area contributed by atoms with Gasteiger partial charge >= 0.3 is 5.97 Å². The van der Waals surface area contributed by atoms with Crippen molar-refractivity contribution in [3.63, 3.8) is 0 Å². The Labute approximate surface area is 176 Å². The Bertz CT molecular complexity index is 855. The van der Waals surface area contributed by atoms with Crippen molar-refractivity contribution in [3.05, 3.63) is 40.4 Å². The Morgan fingerprint density at radius 1 is 1.50 bits per heavy atom. The second kappa shape index (κ2) is 7.16. The average Bonchev–Trinajstić information content (AvgIpc) is 3.39. The lowest BCUT2D eigenvalue weighted by Crippen LogP contribution is -2.62. The summed E-state index contributed by atoms with van der Waals surface area (Å²) in [7, 11) is 1.57. The molecule has 2 heterocycles. The molecule has 8 heteroatoms. The van der Waals surface area contributed by atoms with Crippen LogP contribution < -0.4 is 10.1 Å². The Morgan fingerprint density at radius 3 is 3.14 bits per heavy atom. The quantitative estimate of drug-likeness (QED) is 0.533. The van der Waals surface area contributed by atoms with E-state index >= 15 is 0 Å². The summed E-state index contributed by atoms with van der Waals surface area (Å²) in [4.78, 5) is 17.0. The van der Waals surface area contributed by atoms with Gasteiger partial charge in [-0.3, -0.25) is 10.3 Å². The lowest BCUT2D eigenvalue weighted by Gasteiger charge is -2.47. The Balaban J connectivity index is 1.26. The van der Waals surface area contributed by atoms with E-state index in [1.807, 2.05) is 5.55 Å². The molecule has 2 aliphatic heterocycles. The first-order valence-electron chi connectivity index (χ1n) is 9.37. The van der Waals surface area contributed by atoms with E-state index in [1.54, 1.807) is 37.1 Å². The summed E-state index contributed by atoms with van der Waals surface area (Å²) in [5.41, 5.74) is 2.13. The molecule has 28 heavy (non-hydrogen) atoms. The molecular formula is C20H21BrN2O4S. The summed E-state index contributed by atoms with van der Waals surface area (Å²) >= 11 is 5.20. The summed E-state index contributed by atoms with van der Waals surface area (Å²) in [6, 6.07) is 5.57. The molecule has 1 saturated heterocycles. The minimum Gasteiger partial charge on any atom is -0.497 e. The number of nitrogens with one attached hydrogen (secondary N) is 1. The third-order valence-electron chi connectivity index (χ3n) is 6.09. The fourth-order valence-corrected chi connectivity index (χ4v) is 6.39. The lowest BCUT2D eigenvalue weighted by atomic mass is 9.81. The molecule has 6 nitrogen and oxygen atoms in total. The molecule has 1 spiro atoms. The zero-order chi connectivity index (χ0) is 19.3. The number of methoxy groups -OCH3 is 1. The predicted molar refractivity (Wildman–Crippen MR) is 111 cm³/mol. The van der Waals surface area contributed by atoms with Crippen molar-refractivity contribution in [2.75, 3.05) is 20.3 Å². The van der Waals surface area contributed by atoms with Crippen LogP contribution in [-0.4, -0.2) is 54.9 Å². The number of nitrogens with zero attached hydrogens (tertiary/aromatic N) is 1. The van der Waals surface area contributed by atoms with Crippen LogP contribution >= 0.6 is 27.7 Å². The van der Waals surface area contributed by atoms with E-state index in [-0.39, 0.29) is 18.4 Å². The van der Waals surface area contributed by atoms with Crippen molar-refractivity contribution in [2.45, 2.75) is 29.5 Å². The van der Waals surface area contributed by atoms with Gasteiger partial charge in [-0.25, -0.2) is 4.79 Å². The van der Waals surface area contributed by atoms with Crippen LogP contribution in [0.1, 0.15) is 16.8 Å². The monoisotopic (exact) mass is 464 g/mol. The number of halogens is 1. The molecule has 6 unspecified atom stereocenters. The molecule has 1 N–H and O–H groups in total. The first-order valence-corrected chi connectivity index (χ1v) is 11.1. The number of hydrogen-bond acceptors (Lipinski definition) is 7. The molecular weight excluding hydrogens is 444 g/mol. The highest BCUT2D eigenvalue weighted by atomic mass is 79.9. The normalized spacial score (nSPS) is 37.4. The summed E-state index contributed by atoms with van der Waals surface area (Å²) in [6.45, 7) is 1.02. The van der Waals surface area contributed by atoms with Crippen LogP contribution in [0.5, 0.6) is 5.75 Å². The maximum absolute atomic E-state index is 12.6. The van der Waals surface area contributed by atoms with E-state index in [9.17, 15) is 4.79 Å². The summed E-state index contributed by atoms with van der Waals surface area (Å²) in [5.74, 6) is 1.08. The van der Waals surface area contributed by atoms with Gasteiger partial charge in [0, 0.05) is 21.7 Å². The van der Waals surface area contributed by atoms with Gasteiger partial charge in [0.25, 0.3) is 0 Å². The largest absolute Gasteiger partial charge is 0.497 e. The fourth-order valence-electron chi connectivity index (χ4n) is 4.92. The molecule has 1 aromatic carbocycles. The molecule has 0 amide bonds. The second-order valence-corrected chi connectivity index (χ2v) is 9.54. The first-order chi connectivity index (χ1) is 13.6. The number of benzene rings is 1. The smallest absolute Gasteiger partial charge is 0.339 e. The van der Waals surface area contributed by atoms with Crippen LogP contribution in [0.15, 0.2) is 39.8 Å². The van der Waals surface area contributed by atoms with Gasteiger partial charge in [0.05, 0.1) is 30.4 Å². The SMILES string of the molecule is COc1ccc(Br)c(C(=O)OCC2NC3C4C=CC(C4)(O2)C3C2CN=CS2)c1. The summed E-state index contributed by atoms with van der Waals surface area (Å²) in [6.07, 6.45) is 5.19. The van der Waals surface area contributed by atoms with Crippen LogP contribution in [-0.2, 0) is 9.47 Å². The molecule has 6 atom stereocenters. The topological polar surface area (TPSA) is 69.2 Å². The molecule has 0 aromatic heterocycles. The van der Waals surface area contributed by atoms with Gasteiger partial charge in [0.15, 0.2) is 0 Å². The van der Waals surface area contributed by atoms with Crippen LogP contribution in [0.3, 0.4) is 0 Å². The zero-order valence-corrected chi connectivity index (χ0v) is 17.7. The van der Waals surface area contributed by atoms with Crippen molar-refractivity contribution in [3.8, 4) is 5.75 Å². The molecule has 3 bridgehead atoms. The highest BCUT2D eigenvalue weighted by Gasteiger charge is 2.62. The van der Waals surface area contributed by atoms with Crippen molar-refractivity contribution in [1.82, 2.24) is 5.32 Å². The lowest BCUT2D eigenvalue weighted by molar-refractivity contribution is -0.147. The predicted octanol–water partition coefficient (Wildman–Crippen LogP) is 3.02. The van der Waals surface area contributed by atoms with E-state index in [2.05, 4.69) is 38.4 Å². The second-order valence-electron chi connectivity index (χ2n) is 7.60. The molecule has 148 valence electrons. The van der Waals surface area contributed by atoms with E-state index in [4.69, 9.17) is 14.2 Å². The molecule has 2 aliphatic carbocycles. The molecule has 1 aromatic rings. The molecule has 5 rings (SSSR count). The highest BCUT2D eigenvalue weighted by Crippen LogP contribution is 2.55. The van der Waals surface area contributed by atoms with Crippen LogP contribution in [0.4, 0.5) is 0 Å². The fraction of sp³-hybridized carbons (Fsp3) is 0.500. The standard InChI is InChI=1S/C20H21BrN2O4S/c1-25-12-2-3-14(21)13(6-12)19(24)26-9-16-23-18-11-4-5-20(7-11,27-16)17(18)15-8-22-10-28-15/h2-6,10-11,15-18,23H,7-9H2,1H3. The van der Waals surface area contributed by atoms with Gasteiger partial charge < -0.3 is 14.2 Å². The van der Waals surface area contributed by atoms with Gasteiger partial charge in [-0.2, -0.15) is 0 Å². The van der Waals surface area contributed by atoms with Gasteiger partial charge in [-0.1, -0.05) is 12.2 Å². The number of esters is 1. The molecule has 0 radical (unpaired) electrons. The van der Waals surface area contributed by atoms with Gasteiger partial charge in [-0.15, -0.1) is 11.8 Å². The Morgan fingerprint density at radius 2 is 2.39 bits per heavy atom. The van der Waals surface area contributed by atoms with E-state index in [1.165, 1.54) is 0 Å². The van der Waals surface area contributed by atoms with E-state index in [0.29, 0.717) is 38.9 Å². The van der Waals surface area contributed by atoms with Gasteiger partial charge in [0.1, 0.15) is 18.6 Å². The van der Waals surface area contributed by atoms with Crippen LogP contribution in [0.2, 0.25) is 0 Å². The highest BCUT2D eigenvalue weighted by molar-refractivity contribution is 9.10. The summed E-state index contributed by atoms with van der Waals surface area (Å²) < 4.78 is 17.9. The average molecular weight is 465 g/mol. The third kappa shape index (κ3) is 3.01. The minimum atomic E-state index is -0.399. The minimum absolute atomic E-state index is 0.169. The first kappa shape index (κ1) is 18.7. The van der Waals surface area contributed by atoms with Crippen molar-refractivity contribution < 1.29 is 19.0 Å². The van der Waals surface area contributed by atoms with Crippen molar-refractivity contribution in [2.24, 2.45) is 16.8 Å². The number of ether oxygens (including phenoxy) is 3. The number of carbonyl (C=O) groups is 1. The summed E-state index contributed by atoms with van der Waals surface area (Å²) in [5, 5.41) is 4.03. The van der Waals surface area contributed by atoms with E-state index in [0.717, 1.165) is 13.0 Å². The maximum Gasteiger partial charge on any atom is 0.339 e. The number of carbonyl (C=O) groups excluding carboxylic acids is 1. The van der Waals surface area contributed by atoms with Gasteiger partial charge in [0.2, 0.25) is 0 Å². The zero-order valence-electron chi connectivity index (χ0n) is 15.3. The van der Waals surface area contributed by atoms with Crippen molar-refractivity contribution >= 4 is 39.2 Å².